The maximum Gasteiger partial charge on any atom is 0.349 e. The van der Waals surface area contributed by atoms with E-state index in [1.807, 2.05) is 13.0 Å². The van der Waals surface area contributed by atoms with E-state index in [1.165, 1.54) is 25.2 Å². The molecular formula is C20H23NO4S. The van der Waals surface area contributed by atoms with E-state index in [0.29, 0.717) is 16.1 Å². The Hall–Kier alpha value is -2.47. The molecule has 138 valence electrons. The van der Waals surface area contributed by atoms with Gasteiger partial charge in [0.25, 0.3) is 5.91 Å². The van der Waals surface area contributed by atoms with Gasteiger partial charge in [0.05, 0.1) is 0 Å². The highest BCUT2D eigenvalue weighted by molar-refractivity contribution is 7.14. The third kappa shape index (κ3) is 5.02. The van der Waals surface area contributed by atoms with Crippen molar-refractivity contribution in [1.29, 1.82) is 0 Å². The van der Waals surface area contributed by atoms with Gasteiger partial charge in [0.2, 0.25) is 0 Å². The van der Waals surface area contributed by atoms with E-state index in [2.05, 4.69) is 12.2 Å². The standard InChI is InChI=1S/C20H23NO4S/c1-5-6-16-11-18(26-14(16)4)20(24)25-13(3)19(23)21-17-9-7-15(8-10-17)12(2)22/h7-11,13H,5-6H2,1-4H3,(H,21,23). The van der Waals surface area contributed by atoms with Gasteiger partial charge in [-0.2, -0.15) is 0 Å². The topological polar surface area (TPSA) is 72.5 Å². The van der Waals surface area contributed by atoms with Gasteiger partial charge in [0, 0.05) is 16.1 Å². The van der Waals surface area contributed by atoms with Gasteiger partial charge in [-0.3, -0.25) is 9.59 Å². The number of nitrogens with one attached hydrogen (secondary N) is 1. The number of esters is 1. The average Bonchev–Trinajstić information content (AvgIpc) is 2.96. The van der Waals surface area contributed by atoms with Gasteiger partial charge in [-0.15, -0.1) is 11.3 Å². The van der Waals surface area contributed by atoms with Crippen molar-refractivity contribution < 1.29 is 19.1 Å². The molecule has 5 nitrogen and oxygen atoms in total. The van der Waals surface area contributed by atoms with E-state index in [9.17, 15) is 14.4 Å². The summed E-state index contributed by atoms with van der Waals surface area (Å²) in [6.07, 6.45) is 1.00. The Morgan fingerprint density at radius 2 is 1.85 bits per heavy atom. The summed E-state index contributed by atoms with van der Waals surface area (Å²) >= 11 is 1.39. The second-order valence-corrected chi connectivity index (χ2v) is 7.37. The summed E-state index contributed by atoms with van der Waals surface area (Å²) in [7, 11) is 0. The number of thiophene rings is 1. The van der Waals surface area contributed by atoms with Crippen LogP contribution in [0.2, 0.25) is 0 Å². The van der Waals surface area contributed by atoms with Crippen LogP contribution in [0.4, 0.5) is 5.69 Å². The van der Waals surface area contributed by atoms with E-state index >= 15 is 0 Å². The summed E-state index contributed by atoms with van der Waals surface area (Å²) in [5, 5.41) is 2.68. The van der Waals surface area contributed by atoms with Crippen molar-refractivity contribution in [2.24, 2.45) is 0 Å². The zero-order valence-electron chi connectivity index (χ0n) is 15.4. The van der Waals surface area contributed by atoms with Crippen molar-refractivity contribution in [2.45, 2.75) is 46.6 Å². The molecule has 1 unspecified atom stereocenters. The van der Waals surface area contributed by atoms with Gasteiger partial charge in [-0.25, -0.2) is 4.79 Å². The van der Waals surface area contributed by atoms with Gasteiger partial charge in [0.1, 0.15) is 4.88 Å². The van der Waals surface area contributed by atoms with E-state index in [1.54, 1.807) is 24.3 Å². The van der Waals surface area contributed by atoms with Crippen LogP contribution < -0.4 is 5.32 Å². The Kier molecular flexibility index (Phi) is 6.69. The van der Waals surface area contributed by atoms with Crippen molar-refractivity contribution in [2.75, 3.05) is 5.32 Å². The van der Waals surface area contributed by atoms with Crippen LogP contribution in [0.15, 0.2) is 30.3 Å². The minimum Gasteiger partial charge on any atom is -0.448 e. The molecule has 0 aliphatic heterocycles. The molecule has 6 heteroatoms. The van der Waals surface area contributed by atoms with Crippen LogP contribution in [0.25, 0.3) is 0 Å². The van der Waals surface area contributed by atoms with Crippen molar-refractivity contribution in [3.05, 3.63) is 51.2 Å². The number of amides is 1. The van der Waals surface area contributed by atoms with Crippen molar-refractivity contribution in [3.8, 4) is 0 Å². The Balaban J connectivity index is 1.96. The molecule has 1 amide bonds. The lowest BCUT2D eigenvalue weighted by Gasteiger charge is -2.13. The smallest absolute Gasteiger partial charge is 0.349 e. The predicted octanol–water partition coefficient (Wildman–Crippen LogP) is 4.40. The van der Waals surface area contributed by atoms with Crippen LogP contribution in [0, 0.1) is 6.92 Å². The number of carbonyl (C=O) groups is 3. The van der Waals surface area contributed by atoms with Gasteiger partial charge in [0.15, 0.2) is 11.9 Å². The van der Waals surface area contributed by atoms with Crippen LogP contribution in [-0.2, 0) is 16.0 Å². The number of hydrogen-bond acceptors (Lipinski definition) is 5. The normalized spacial score (nSPS) is 11.7. The van der Waals surface area contributed by atoms with Crippen LogP contribution in [0.1, 0.15) is 57.7 Å². The number of carbonyl (C=O) groups excluding carboxylic acids is 3. The summed E-state index contributed by atoms with van der Waals surface area (Å²) in [6, 6.07) is 8.40. The number of ketones is 1. The summed E-state index contributed by atoms with van der Waals surface area (Å²) in [6.45, 7) is 7.08. The van der Waals surface area contributed by atoms with Gasteiger partial charge in [-0.05, 0) is 63.1 Å². The van der Waals surface area contributed by atoms with Crippen LogP contribution in [0.3, 0.4) is 0 Å². The summed E-state index contributed by atoms with van der Waals surface area (Å²) < 4.78 is 5.28. The molecular weight excluding hydrogens is 350 g/mol. The molecule has 0 fully saturated rings. The average molecular weight is 373 g/mol. The Bertz CT molecular complexity index is 808. The van der Waals surface area contributed by atoms with E-state index in [-0.39, 0.29) is 5.78 Å². The van der Waals surface area contributed by atoms with Crippen LogP contribution in [0.5, 0.6) is 0 Å². The second-order valence-electron chi connectivity index (χ2n) is 6.11. The lowest BCUT2D eigenvalue weighted by Crippen LogP contribution is -2.29. The third-order valence-electron chi connectivity index (χ3n) is 3.95. The first-order valence-electron chi connectivity index (χ1n) is 8.54. The second kappa shape index (κ2) is 8.76. The molecule has 0 saturated carbocycles. The van der Waals surface area contributed by atoms with E-state index in [0.717, 1.165) is 23.3 Å². The number of ether oxygens (including phenoxy) is 1. The van der Waals surface area contributed by atoms with Crippen LogP contribution in [-0.4, -0.2) is 23.8 Å². The fourth-order valence-electron chi connectivity index (χ4n) is 2.44. The fraction of sp³-hybridized carbons (Fsp3) is 0.350. The molecule has 1 heterocycles. The van der Waals surface area contributed by atoms with Gasteiger partial charge < -0.3 is 10.1 Å². The number of hydrogen-bond donors (Lipinski definition) is 1. The lowest BCUT2D eigenvalue weighted by molar-refractivity contribution is -0.123. The maximum absolute atomic E-state index is 12.3. The number of benzene rings is 1. The SMILES string of the molecule is CCCc1cc(C(=O)OC(C)C(=O)Nc2ccc(C(C)=O)cc2)sc1C. The highest BCUT2D eigenvalue weighted by atomic mass is 32.1. The number of Topliss-reactive ketones (excluding diaryl/α,β-unsaturated/α-hetero) is 1. The molecule has 0 saturated heterocycles. The number of aryl methyl sites for hydroxylation is 2. The Morgan fingerprint density at radius 3 is 2.42 bits per heavy atom. The number of anilines is 1. The first-order valence-corrected chi connectivity index (χ1v) is 9.35. The molecule has 2 rings (SSSR count). The summed E-state index contributed by atoms with van der Waals surface area (Å²) in [5.41, 5.74) is 2.26. The van der Waals surface area contributed by atoms with Gasteiger partial charge in [-0.1, -0.05) is 13.3 Å². The number of rotatable bonds is 7. The molecule has 1 aromatic heterocycles. The highest BCUT2D eigenvalue weighted by Crippen LogP contribution is 2.24. The molecule has 1 N–H and O–H groups in total. The fourth-order valence-corrected chi connectivity index (χ4v) is 3.40. The van der Waals surface area contributed by atoms with Crippen molar-refractivity contribution in [1.82, 2.24) is 0 Å². The first-order chi connectivity index (χ1) is 12.3. The molecule has 0 spiro atoms. The van der Waals surface area contributed by atoms with E-state index < -0.39 is 18.0 Å². The zero-order valence-corrected chi connectivity index (χ0v) is 16.2. The van der Waals surface area contributed by atoms with Crippen LogP contribution >= 0.6 is 11.3 Å². The molecule has 0 aliphatic rings. The molecule has 2 aromatic rings. The molecule has 1 atom stereocenters. The monoisotopic (exact) mass is 373 g/mol. The molecule has 26 heavy (non-hydrogen) atoms. The highest BCUT2D eigenvalue weighted by Gasteiger charge is 2.21. The molecule has 0 aliphatic carbocycles. The minimum absolute atomic E-state index is 0.0427. The molecule has 0 radical (unpaired) electrons. The van der Waals surface area contributed by atoms with Crippen molar-refractivity contribution >= 4 is 34.7 Å². The largest absolute Gasteiger partial charge is 0.448 e. The van der Waals surface area contributed by atoms with Gasteiger partial charge >= 0.3 is 5.97 Å². The Labute approximate surface area is 157 Å². The predicted molar refractivity (Wildman–Crippen MR) is 103 cm³/mol. The first kappa shape index (κ1) is 19.8. The quantitative estimate of drug-likeness (QED) is 0.577. The maximum atomic E-state index is 12.3. The minimum atomic E-state index is -0.924. The lowest BCUT2D eigenvalue weighted by atomic mass is 10.1. The third-order valence-corrected chi connectivity index (χ3v) is 5.03. The summed E-state index contributed by atoms with van der Waals surface area (Å²) in [4.78, 5) is 37.4. The van der Waals surface area contributed by atoms with E-state index in [4.69, 9.17) is 4.74 Å². The van der Waals surface area contributed by atoms with Crippen molar-refractivity contribution in [3.63, 3.8) is 0 Å². The Morgan fingerprint density at radius 1 is 1.19 bits per heavy atom. The summed E-state index contributed by atoms with van der Waals surface area (Å²) in [5.74, 6) is -0.954. The molecule has 0 bridgehead atoms. The molecule has 1 aromatic carbocycles. The zero-order chi connectivity index (χ0) is 19.3.